The van der Waals surface area contributed by atoms with Crippen LogP contribution in [0.2, 0.25) is 0 Å². The molecule has 4 rings (SSSR count). The molecule has 0 aliphatic rings. The van der Waals surface area contributed by atoms with Crippen LogP contribution in [0.15, 0.2) is 55.0 Å². The van der Waals surface area contributed by atoms with E-state index in [9.17, 15) is 5.26 Å². The molecule has 7 heteroatoms. The van der Waals surface area contributed by atoms with Gasteiger partial charge in [0, 0.05) is 53.7 Å². The van der Waals surface area contributed by atoms with E-state index in [1.165, 1.54) is 10.9 Å². The Morgan fingerprint density at radius 1 is 1.16 bits per heavy atom. The summed E-state index contributed by atoms with van der Waals surface area (Å²) in [7, 11) is 0. The lowest BCUT2D eigenvalue weighted by Crippen LogP contribution is -2.16. The number of rotatable bonds is 8. The fourth-order valence-corrected chi connectivity index (χ4v) is 3.39. The Morgan fingerprint density at radius 3 is 2.87 bits per heavy atom. The van der Waals surface area contributed by atoms with Crippen molar-refractivity contribution >= 4 is 22.7 Å². The monoisotopic (exact) mass is 411 g/mol. The summed E-state index contributed by atoms with van der Waals surface area (Å²) in [5.41, 5.74) is 4.40. The zero-order valence-electron chi connectivity index (χ0n) is 17.7. The average molecular weight is 412 g/mol. The third-order valence-electron chi connectivity index (χ3n) is 5.25. The summed E-state index contributed by atoms with van der Waals surface area (Å²) in [6.45, 7) is 4.94. The molecule has 0 aliphatic heterocycles. The van der Waals surface area contributed by atoms with Gasteiger partial charge in [0.05, 0.1) is 11.3 Å². The fourth-order valence-electron chi connectivity index (χ4n) is 3.39. The smallest absolute Gasteiger partial charge is 0.225 e. The zero-order chi connectivity index (χ0) is 21.6. The van der Waals surface area contributed by atoms with Crippen molar-refractivity contribution in [2.45, 2.75) is 32.7 Å². The lowest BCUT2D eigenvalue weighted by Gasteiger charge is -2.15. The van der Waals surface area contributed by atoms with E-state index in [0.29, 0.717) is 18.1 Å². The van der Waals surface area contributed by atoms with Crippen LogP contribution in [0.5, 0.6) is 0 Å². The van der Waals surface area contributed by atoms with Gasteiger partial charge >= 0.3 is 0 Å². The van der Waals surface area contributed by atoms with Gasteiger partial charge in [0.25, 0.3) is 0 Å². The van der Waals surface area contributed by atoms with Gasteiger partial charge in [-0.05, 0) is 37.5 Å². The molecular formula is C24H25N7. The third kappa shape index (κ3) is 4.81. The molecule has 0 aliphatic carbocycles. The molecule has 0 amide bonds. The van der Waals surface area contributed by atoms with Gasteiger partial charge < -0.3 is 15.6 Å². The molecular weight excluding hydrogens is 386 g/mol. The van der Waals surface area contributed by atoms with Gasteiger partial charge in [0.15, 0.2) is 0 Å². The summed E-state index contributed by atoms with van der Waals surface area (Å²) in [5.74, 6) is 1.29. The highest BCUT2D eigenvalue weighted by Gasteiger charge is 2.10. The number of H-pyrrole nitrogens is 1. The second-order valence-corrected chi connectivity index (χ2v) is 7.53. The van der Waals surface area contributed by atoms with E-state index in [-0.39, 0.29) is 6.04 Å². The van der Waals surface area contributed by atoms with E-state index in [2.05, 4.69) is 74.9 Å². The quantitative estimate of drug-likeness (QED) is 0.386. The van der Waals surface area contributed by atoms with Crippen molar-refractivity contribution in [2.24, 2.45) is 0 Å². The van der Waals surface area contributed by atoms with Gasteiger partial charge in [-0.15, -0.1) is 0 Å². The van der Waals surface area contributed by atoms with E-state index in [0.717, 1.165) is 35.4 Å². The molecule has 0 saturated heterocycles. The van der Waals surface area contributed by atoms with E-state index < -0.39 is 0 Å². The predicted molar refractivity (Wildman–Crippen MR) is 124 cm³/mol. The minimum absolute atomic E-state index is 0.283. The molecule has 7 nitrogen and oxygen atoms in total. The van der Waals surface area contributed by atoms with Crippen LogP contribution >= 0.6 is 0 Å². The summed E-state index contributed by atoms with van der Waals surface area (Å²) in [6, 6.07) is 14.4. The van der Waals surface area contributed by atoms with E-state index >= 15 is 0 Å². The number of hydrogen-bond donors (Lipinski definition) is 3. The molecule has 0 fully saturated rings. The van der Waals surface area contributed by atoms with Crippen molar-refractivity contribution in [3.8, 4) is 17.3 Å². The SMILES string of the molecule is CCC(C)Nc1cc(-c2cncc(C#N)c2)nc(NCCc2c[nH]c3ccccc23)n1. The lowest BCUT2D eigenvalue weighted by molar-refractivity contribution is 0.758. The second-order valence-electron chi connectivity index (χ2n) is 7.53. The highest BCUT2D eigenvalue weighted by atomic mass is 15.1. The Kier molecular flexibility index (Phi) is 6.08. The Hall–Kier alpha value is -3.92. The molecule has 0 bridgehead atoms. The van der Waals surface area contributed by atoms with Crippen molar-refractivity contribution < 1.29 is 0 Å². The third-order valence-corrected chi connectivity index (χ3v) is 5.25. The predicted octanol–water partition coefficient (Wildman–Crippen LogP) is 4.76. The van der Waals surface area contributed by atoms with Crippen molar-refractivity contribution in [1.82, 2.24) is 19.9 Å². The number of aromatic nitrogens is 4. The molecule has 3 heterocycles. The van der Waals surface area contributed by atoms with Crippen molar-refractivity contribution in [2.75, 3.05) is 17.2 Å². The van der Waals surface area contributed by atoms with Crippen LogP contribution in [0.1, 0.15) is 31.4 Å². The first kappa shape index (κ1) is 20.4. The van der Waals surface area contributed by atoms with Crippen molar-refractivity contribution in [3.63, 3.8) is 0 Å². The standard InChI is InChI=1S/C24H25N7/c1-3-16(2)29-23-11-22(19-10-17(12-25)13-26-14-19)30-24(31-23)27-9-8-18-15-28-21-7-5-4-6-20(18)21/h4-7,10-11,13-16,28H,3,8-9H2,1-2H3,(H2,27,29,30,31). The number of nitrogens with one attached hydrogen (secondary N) is 3. The largest absolute Gasteiger partial charge is 0.367 e. The number of benzene rings is 1. The van der Waals surface area contributed by atoms with Gasteiger partial charge in [-0.1, -0.05) is 25.1 Å². The van der Waals surface area contributed by atoms with Crippen LogP contribution < -0.4 is 10.6 Å². The number of nitriles is 1. The molecule has 1 atom stereocenters. The van der Waals surface area contributed by atoms with Crippen LogP contribution in [0, 0.1) is 11.3 Å². The van der Waals surface area contributed by atoms with E-state index in [1.807, 2.05) is 12.1 Å². The molecule has 156 valence electrons. The minimum atomic E-state index is 0.283. The first-order valence-corrected chi connectivity index (χ1v) is 10.5. The van der Waals surface area contributed by atoms with Gasteiger partial charge in [-0.3, -0.25) is 4.98 Å². The van der Waals surface area contributed by atoms with Gasteiger partial charge in [0.2, 0.25) is 5.95 Å². The Balaban J connectivity index is 1.56. The number of aromatic amines is 1. The Labute approximate surface area is 181 Å². The molecule has 0 spiro atoms. The van der Waals surface area contributed by atoms with Crippen molar-refractivity contribution in [1.29, 1.82) is 5.26 Å². The molecule has 1 unspecified atom stereocenters. The molecule has 3 aromatic heterocycles. The molecule has 1 aromatic carbocycles. The normalized spacial score (nSPS) is 11.8. The Bertz CT molecular complexity index is 1220. The highest BCUT2D eigenvalue weighted by molar-refractivity contribution is 5.83. The van der Waals surface area contributed by atoms with Crippen LogP contribution in [0.4, 0.5) is 11.8 Å². The maximum Gasteiger partial charge on any atom is 0.225 e. The van der Waals surface area contributed by atoms with Gasteiger partial charge in [0.1, 0.15) is 11.9 Å². The molecule has 4 aromatic rings. The zero-order valence-corrected chi connectivity index (χ0v) is 17.7. The fraction of sp³-hybridized carbons (Fsp3) is 0.250. The molecule has 31 heavy (non-hydrogen) atoms. The van der Waals surface area contributed by atoms with Gasteiger partial charge in [-0.25, -0.2) is 4.98 Å². The average Bonchev–Trinajstić information content (AvgIpc) is 3.22. The first-order chi connectivity index (χ1) is 15.2. The van der Waals surface area contributed by atoms with Crippen LogP contribution in [-0.4, -0.2) is 32.5 Å². The minimum Gasteiger partial charge on any atom is -0.367 e. The molecule has 0 saturated carbocycles. The summed E-state index contributed by atoms with van der Waals surface area (Å²) >= 11 is 0. The Morgan fingerprint density at radius 2 is 2.03 bits per heavy atom. The van der Waals surface area contributed by atoms with Crippen LogP contribution in [0.25, 0.3) is 22.2 Å². The lowest BCUT2D eigenvalue weighted by atomic mass is 10.1. The van der Waals surface area contributed by atoms with E-state index in [1.54, 1.807) is 18.5 Å². The van der Waals surface area contributed by atoms with Crippen LogP contribution in [-0.2, 0) is 6.42 Å². The number of fused-ring (bicyclic) bond motifs is 1. The number of nitrogens with zero attached hydrogens (tertiary/aromatic N) is 4. The van der Waals surface area contributed by atoms with Crippen molar-refractivity contribution in [3.05, 3.63) is 66.1 Å². The number of anilines is 2. The maximum atomic E-state index is 9.20. The molecule has 3 N–H and O–H groups in total. The summed E-state index contributed by atoms with van der Waals surface area (Å²) in [6.07, 6.45) is 7.14. The summed E-state index contributed by atoms with van der Waals surface area (Å²) < 4.78 is 0. The number of para-hydroxylation sites is 1. The maximum absolute atomic E-state index is 9.20. The first-order valence-electron chi connectivity index (χ1n) is 10.5. The van der Waals surface area contributed by atoms with E-state index in [4.69, 9.17) is 0 Å². The summed E-state index contributed by atoms with van der Waals surface area (Å²) in [5, 5.41) is 17.2. The van der Waals surface area contributed by atoms with Gasteiger partial charge in [-0.2, -0.15) is 10.2 Å². The highest BCUT2D eigenvalue weighted by Crippen LogP contribution is 2.23. The topological polar surface area (TPSA) is 102 Å². The molecule has 0 radical (unpaired) electrons. The van der Waals surface area contributed by atoms with Crippen LogP contribution in [0.3, 0.4) is 0 Å². The second kappa shape index (κ2) is 9.26. The number of pyridine rings is 1. The summed E-state index contributed by atoms with van der Waals surface area (Å²) in [4.78, 5) is 16.8. The number of hydrogen-bond acceptors (Lipinski definition) is 6.